The number of carbonyl (C=O) groups excluding carboxylic acids is 1. The molecule has 1 rings (SSSR count). The van der Waals surface area contributed by atoms with Crippen molar-refractivity contribution in [3.63, 3.8) is 0 Å². The lowest BCUT2D eigenvalue weighted by molar-refractivity contribution is -0.135. The third kappa shape index (κ3) is 6.91. The van der Waals surface area contributed by atoms with Gasteiger partial charge in [0.2, 0.25) is 5.91 Å². The van der Waals surface area contributed by atoms with E-state index in [1.165, 1.54) is 18.6 Å². The van der Waals surface area contributed by atoms with Crippen molar-refractivity contribution >= 4 is 17.7 Å². The number of ether oxygens (including phenoxy) is 1. The van der Waals surface area contributed by atoms with E-state index in [-0.39, 0.29) is 5.91 Å². The summed E-state index contributed by atoms with van der Waals surface area (Å²) in [6, 6.07) is 0. The molecule has 0 bridgehead atoms. The summed E-state index contributed by atoms with van der Waals surface area (Å²) in [7, 11) is 0. The van der Waals surface area contributed by atoms with E-state index in [1.807, 2.05) is 16.7 Å². The second-order valence-electron chi connectivity index (χ2n) is 4.19. The summed E-state index contributed by atoms with van der Waals surface area (Å²) in [6.07, 6.45) is 5.20. The van der Waals surface area contributed by atoms with Crippen LogP contribution in [0.25, 0.3) is 0 Å². The lowest BCUT2D eigenvalue weighted by atomic mass is 10.3. The van der Waals surface area contributed by atoms with Crippen molar-refractivity contribution < 1.29 is 9.53 Å². The summed E-state index contributed by atoms with van der Waals surface area (Å²) < 4.78 is 5.22. The Morgan fingerprint density at radius 3 is 2.76 bits per heavy atom. The molecule has 1 heterocycles. The number of hydrogen-bond acceptors (Lipinski definition) is 4. The van der Waals surface area contributed by atoms with E-state index < -0.39 is 0 Å². The first-order chi connectivity index (χ1) is 8.34. The summed E-state index contributed by atoms with van der Waals surface area (Å²) in [4.78, 5) is 13.7. The molecular weight excluding hydrogens is 236 g/mol. The van der Waals surface area contributed by atoms with Crippen LogP contribution in [0.15, 0.2) is 0 Å². The molecule has 1 N–H and O–H groups in total. The van der Waals surface area contributed by atoms with Crippen molar-refractivity contribution in [3.05, 3.63) is 0 Å². The Bertz CT molecular complexity index is 209. The molecule has 0 aromatic carbocycles. The molecule has 5 heteroatoms. The lowest BCUT2D eigenvalue weighted by Crippen LogP contribution is -2.41. The van der Waals surface area contributed by atoms with E-state index in [4.69, 9.17) is 4.74 Å². The van der Waals surface area contributed by atoms with Crippen LogP contribution < -0.4 is 5.32 Å². The maximum atomic E-state index is 11.8. The van der Waals surface area contributed by atoms with Gasteiger partial charge < -0.3 is 15.0 Å². The fourth-order valence-electron chi connectivity index (χ4n) is 1.79. The van der Waals surface area contributed by atoms with Crippen LogP contribution in [0.1, 0.15) is 19.3 Å². The molecule has 1 saturated heterocycles. The summed E-state index contributed by atoms with van der Waals surface area (Å²) >= 11 is 1.89. The average Bonchev–Trinajstić information content (AvgIpc) is 2.38. The SMILES string of the molecule is CSCCCCNCCC(=O)N1CCOCC1. The highest BCUT2D eigenvalue weighted by atomic mass is 32.2. The highest BCUT2D eigenvalue weighted by molar-refractivity contribution is 7.98. The first kappa shape index (κ1) is 14.8. The standard InChI is InChI=1S/C12H24N2O2S/c1-17-11-3-2-5-13-6-4-12(15)14-7-9-16-10-8-14/h13H,2-11H2,1H3. The van der Waals surface area contributed by atoms with Crippen LogP contribution in [-0.2, 0) is 9.53 Å². The highest BCUT2D eigenvalue weighted by Gasteiger charge is 2.15. The average molecular weight is 260 g/mol. The van der Waals surface area contributed by atoms with Crippen molar-refractivity contribution in [1.29, 1.82) is 0 Å². The molecule has 0 radical (unpaired) electrons. The molecular formula is C12H24N2O2S. The molecule has 0 atom stereocenters. The zero-order valence-corrected chi connectivity index (χ0v) is 11.6. The molecule has 4 nitrogen and oxygen atoms in total. The fraction of sp³-hybridized carbons (Fsp3) is 0.917. The largest absolute Gasteiger partial charge is 0.378 e. The van der Waals surface area contributed by atoms with Gasteiger partial charge in [-0.15, -0.1) is 0 Å². The van der Waals surface area contributed by atoms with Crippen molar-refractivity contribution in [1.82, 2.24) is 10.2 Å². The van der Waals surface area contributed by atoms with Crippen molar-refractivity contribution in [2.24, 2.45) is 0 Å². The topological polar surface area (TPSA) is 41.6 Å². The van der Waals surface area contributed by atoms with Gasteiger partial charge in [0, 0.05) is 26.1 Å². The minimum atomic E-state index is 0.255. The molecule has 17 heavy (non-hydrogen) atoms. The van der Waals surface area contributed by atoms with Crippen LogP contribution in [0.3, 0.4) is 0 Å². The number of nitrogens with zero attached hydrogens (tertiary/aromatic N) is 1. The van der Waals surface area contributed by atoms with Gasteiger partial charge in [0.1, 0.15) is 0 Å². The molecule has 1 aliphatic rings. The summed E-state index contributed by atoms with van der Waals surface area (Å²) in [5, 5.41) is 3.33. The maximum absolute atomic E-state index is 11.8. The lowest BCUT2D eigenvalue weighted by Gasteiger charge is -2.26. The number of unbranched alkanes of at least 4 members (excludes halogenated alkanes) is 1. The van der Waals surface area contributed by atoms with E-state index in [2.05, 4.69) is 11.6 Å². The monoisotopic (exact) mass is 260 g/mol. The maximum Gasteiger partial charge on any atom is 0.224 e. The van der Waals surface area contributed by atoms with Crippen LogP contribution in [0.4, 0.5) is 0 Å². The third-order valence-corrected chi connectivity index (χ3v) is 3.53. The molecule has 1 fully saturated rings. The first-order valence-electron chi connectivity index (χ1n) is 6.40. The number of hydrogen-bond donors (Lipinski definition) is 1. The molecule has 0 spiro atoms. The van der Waals surface area contributed by atoms with E-state index >= 15 is 0 Å². The Kier molecular flexibility index (Phi) is 8.48. The fourth-order valence-corrected chi connectivity index (χ4v) is 2.28. The van der Waals surface area contributed by atoms with Crippen LogP contribution in [-0.4, -0.2) is 62.2 Å². The number of carbonyl (C=O) groups is 1. The van der Waals surface area contributed by atoms with Gasteiger partial charge in [-0.1, -0.05) is 0 Å². The minimum Gasteiger partial charge on any atom is -0.378 e. The van der Waals surface area contributed by atoms with Gasteiger partial charge in [0.05, 0.1) is 13.2 Å². The Balaban J connectivity index is 1.92. The smallest absolute Gasteiger partial charge is 0.224 e. The van der Waals surface area contributed by atoms with Crippen LogP contribution >= 0.6 is 11.8 Å². The van der Waals surface area contributed by atoms with Crippen molar-refractivity contribution in [2.75, 3.05) is 51.4 Å². The van der Waals surface area contributed by atoms with Crippen LogP contribution in [0.2, 0.25) is 0 Å². The molecule has 1 amide bonds. The summed E-state index contributed by atoms with van der Waals surface area (Å²) in [5.41, 5.74) is 0. The van der Waals surface area contributed by atoms with E-state index in [1.54, 1.807) is 0 Å². The van der Waals surface area contributed by atoms with E-state index in [0.717, 1.165) is 26.2 Å². The quantitative estimate of drug-likeness (QED) is 0.660. The number of thioether (sulfide) groups is 1. The molecule has 0 unspecified atom stereocenters. The molecule has 0 aliphatic carbocycles. The second kappa shape index (κ2) is 9.74. The minimum absolute atomic E-state index is 0.255. The van der Waals surface area contributed by atoms with Crippen LogP contribution in [0.5, 0.6) is 0 Å². The number of nitrogens with one attached hydrogen (secondary N) is 1. The van der Waals surface area contributed by atoms with E-state index in [0.29, 0.717) is 19.6 Å². The normalized spacial score (nSPS) is 16.2. The molecule has 0 aromatic heterocycles. The van der Waals surface area contributed by atoms with Crippen molar-refractivity contribution in [2.45, 2.75) is 19.3 Å². The van der Waals surface area contributed by atoms with E-state index in [9.17, 15) is 4.79 Å². The summed E-state index contributed by atoms with van der Waals surface area (Å²) in [5.74, 6) is 1.49. The molecule has 0 saturated carbocycles. The van der Waals surface area contributed by atoms with Gasteiger partial charge in [0.15, 0.2) is 0 Å². The van der Waals surface area contributed by atoms with Gasteiger partial charge in [-0.3, -0.25) is 4.79 Å². The second-order valence-corrected chi connectivity index (χ2v) is 5.18. The number of rotatable bonds is 8. The predicted molar refractivity (Wildman–Crippen MR) is 72.5 cm³/mol. The summed E-state index contributed by atoms with van der Waals surface area (Å²) in [6.45, 7) is 4.72. The zero-order chi connectivity index (χ0) is 12.3. The molecule has 1 aliphatic heterocycles. The van der Waals surface area contributed by atoms with Gasteiger partial charge in [-0.2, -0.15) is 11.8 Å². The first-order valence-corrected chi connectivity index (χ1v) is 7.79. The number of amides is 1. The van der Waals surface area contributed by atoms with Gasteiger partial charge in [-0.25, -0.2) is 0 Å². The Labute approximate surface area is 108 Å². The molecule has 100 valence electrons. The number of morpholine rings is 1. The Morgan fingerprint density at radius 1 is 1.29 bits per heavy atom. The zero-order valence-electron chi connectivity index (χ0n) is 10.7. The molecule has 0 aromatic rings. The van der Waals surface area contributed by atoms with Crippen molar-refractivity contribution in [3.8, 4) is 0 Å². The Morgan fingerprint density at radius 2 is 2.06 bits per heavy atom. The van der Waals surface area contributed by atoms with Gasteiger partial charge >= 0.3 is 0 Å². The van der Waals surface area contributed by atoms with Crippen LogP contribution in [0, 0.1) is 0 Å². The predicted octanol–water partition coefficient (Wildman–Crippen LogP) is 0.968. The van der Waals surface area contributed by atoms with Gasteiger partial charge in [0.25, 0.3) is 0 Å². The highest BCUT2D eigenvalue weighted by Crippen LogP contribution is 2.00. The van der Waals surface area contributed by atoms with Gasteiger partial charge in [-0.05, 0) is 31.4 Å². The third-order valence-electron chi connectivity index (χ3n) is 2.83. The Hall–Kier alpha value is -0.260.